The molecular weight excluding hydrogens is 813 g/mol. The normalized spacial score (nSPS) is 15.6. The Kier molecular flexibility index (Phi) is 30.6. The van der Waals surface area contributed by atoms with E-state index in [2.05, 4.69) is 20.8 Å². The third kappa shape index (κ3) is 29.3. The first-order valence-electron chi connectivity index (χ1n) is 22.7. The fourth-order valence-corrected chi connectivity index (χ4v) is 6.86. The van der Waals surface area contributed by atoms with Crippen LogP contribution in [0.2, 0.25) is 0 Å². The highest BCUT2D eigenvalue weighted by atomic mass is 31.2. The number of aryl methyl sites for hydroxylation is 2. The van der Waals surface area contributed by atoms with Crippen molar-refractivity contribution in [3.63, 3.8) is 0 Å². The molecule has 0 saturated carbocycles. The smallest absolute Gasteiger partial charge is 0.466 e. The molecule has 62 heavy (non-hydrogen) atoms. The van der Waals surface area contributed by atoms with E-state index in [0.29, 0.717) is 23.9 Å². The number of phosphoric ester groups is 1. The zero-order valence-corrected chi connectivity index (χ0v) is 39.8. The summed E-state index contributed by atoms with van der Waals surface area (Å²) in [6.45, 7) is 8.02. The molecule has 4 N–H and O–H groups in total. The molecule has 0 aliphatic rings. The van der Waals surface area contributed by atoms with Crippen LogP contribution in [0.4, 0.5) is 0 Å². The van der Waals surface area contributed by atoms with E-state index >= 15 is 0 Å². The van der Waals surface area contributed by atoms with E-state index < -0.39 is 57.4 Å². The van der Waals surface area contributed by atoms with Crippen molar-refractivity contribution < 1.29 is 61.8 Å². The highest BCUT2D eigenvalue weighted by Crippen LogP contribution is 2.43. The van der Waals surface area contributed by atoms with Gasteiger partial charge in [0, 0.05) is 25.7 Å². The van der Waals surface area contributed by atoms with E-state index in [1.807, 2.05) is 40.2 Å². The molecule has 14 heteroatoms. The van der Waals surface area contributed by atoms with Gasteiger partial charge in [0.2, 0.25) is 0 Å². The van der Waals surface area contributed by atoms with Gasteiger partial charge in [-0.15, -0.1) is 0 Å². The number of aliphatic hydroxyl groups is 3. The highest BCUT2D eigenvalue weighted by Gasteiger charge is 2.27. The lowest BCUT2D eigenvalue weighted by Gasteiger charge is -2.24. The molecule has 0 fully saturated rings. The summed E-state index contributed by atoms with van der Waals surface area (Å²) < 4.78 is 40.3. The van der Waals surface area contributed by atoms with E-state index in [9.17, 15) is 34.4 Å². The van der Waals surface area contributed by atoms with Gasteiger partial charge in [-0.25, -0.2) is 4.57 Å². The van der Waals surface area contributed by atoms with Crippen LogP contribution in [-0.4, -0.2) is 109 Å². The van der Waals surface area contributed by atoms with E-state index in [1.54, 1.807) is 42.5 Å². The maximum absolute atomic E-state index is 12.8. The molecule has 0 aliphatic carbocycles. The van der Waals surface area contributed by atoms with Crippen molar-refractivity contribution in [2.24, 2.45) is 0 Å². The molecule has 0 bridgehead atoms. The van der Waals surface area contributed by atoms with Gasteiger partial charge in [0.15, 0.2) is 6.10 Å². The molecule has 13 nitrogen and oxygen atoms in total. The average Bonchev–Trinajstić information content (AvgIpc) is 3.48. The molecule has 5 atom stereocenters. The second kappa shape index (κ2) is 33.4. The molecule has 1 unspecified atom stereocenters. The van der Waals surface area contributed by atoms with E-state index in [4.69, 9.17) is 22.9 Å². The van der Waals surface area contributed by atoms with Crippen LogP contribution in [0.1, 0.15) is 133 Å². The predicted octanol–water partition coefficient (Wildman–Crippen LogP) is 9.03. The van der Waals surface area contributed by atoms with Crippen molar-refractivity contribution in [1.29, 1.82) is 0 Å². The lowest BCUT2D eigenvalue weighted by Crippen LogP contribution is -2.37. The summed E-state index contributed by atoms with van der Waals surface area (Å²) in [5.74, 6) is 1.05. The second-order valence-corrected chi connectivity index (χ2v) is 18.3. The summed E-state index contributed by atoms with van der Waals surface area (Å²) in [4.78, 5) is 35.6. The number of allylic oxidation sites excluding steroid dienone is 7. The summed E-state index contributed by atoms with van der Waals surface area (Å²) in [6, 6.07) is 0. The summed E-state index contributed by atoms with van der Waals surface area (Å²) in [7, 11) is 1.25. The van der Waals surface area contributed by atoms with Gasteiger partial charge in [-0.05, 0) is 69.9 Å². The molecule has 354 valence electrons. The number of carbonyl (C=O) groups is 2. The van der Waals surface area contributed by atoms with E-state index in [-0.39, 0.29) is 32.3 Å². The number of hydrogen-bond donors (Lipinski definition) is 4. The number of aliphatic hydroxyl groups excluding tert-OH is 3. The average molecular weight is 895 g/mol. The third-order valence-electron chi connectivity index (χ3n) is 10.1. The number of ether oxygens (including phenoxy) is 2. The topological polar surface area (TPSA) is 182 Å². The number of furan rings is 1. The fourth-order valence-electron chi connectivity index (χ4n) is 6.12. The van der Waals surface area contributed by atoms with Crippen LogP contribution >= 0.6 is 7.82 Å². The van der Waals surface area contributed by atoms with Crippen LogP contribution in [0, 0.1) is 13.8 Å². The number of likely N-dealkylation sites (N-methyl/N-ethyl adjacent to an activating group) is 1. The van der Waals surface area contributed by atoms with E-state index in [1.165, 1.54) is 30.0 Å². The summed E-state index contributed by atoms with van der Waals surface area (Å²) >= 11 is 0. The molecular formula is C48H81NO12P+. The van der Waals surface area contributed by atoms with Crippen LogP contribution in [0.5, 0.6) is 0 Å². The number of nitrogens with zero attached hydrogens (tertiary/aromatic N) is 1. The number of esters is 2. The number of phosphoric acid groups is 1. The van der Waals surface area contributed by atoms with Crippen molar-refractivity contribution in [2.75, 3.05) is 47.5 Å². The minimum absolute atomic E-state index is 0.0363. The Morgan fingerprint density at radius 1 is 0.726 bits per heavy atom. The number of rotatable bonds is 36. The van der Waals surface area contributed by atoms with Crippen molar-refractivity contribution in [3.05, 3.63) is 83.4 Å². The van der Waals surface area contributed by atoms with Gasteiger partial charge in [0.1, 0.15) is 31.3 Å². The summed E-state index contributed by atoms with van der Waals surface area (Å²) in [6.07, 6.45) is 26.3. The van der Waals surface area contributed by atoms with Crippen LogP contribution in [0.3, 0.4) is 0 Å². The number of quaternary nitrogens is 1. The first kappa shape index (κ1) is 56.9. The Bertz CT molecular complexity index is 1570. The maximum Gasteiger partial charge on any atom is 0.472 e. The Morgan fingerprint density at radius 2 is 1.31 bits per heavy atom. The third-order valence-corrected chi connectivity index (χ3v) is 11.1. The maximum atomic E-state index is 12.8. The molecule has 1 rings (SSSR count). The van der Waals surface area contributed by atoms with Gasteiger partial charge >= 0.3 is 19.8 Å². The lowest BCUT2D eigenvalue weighted by atomic mass is 10.0. The fraction of sp³-hybridized carbons (Fsp3) is 0.667. The predicted molar refractivity (Wildman–Crippen MR) is 245 cm³/mol. The highest BCUT2D eigenvalue weighted by molar-refractivity contribution is 7.47. The zero-order valence-electron chi connectivity index (χ0n) is 38.9. The SMILES string of the molecule is CC/C=C\C[C@@H](O)/C=C/C=C/C=C\C=C/[C@H](O)[C@@H](O)CCCC(=O)OC[C@H](COP(=O)(O)OCC[N+](C)(C)C)OC(=O)CCCCCCCCc1oc(CCCCC)c(C)c1C. The molecule has 0 spiro atoms. The molecule has 0 saturated heterocycles. The summed E-state index contributed by atoms with van der Waals surface area (Å²) in [5.41, 5.74) is 2.55. The van der Waals surface area contributed by atoms with Crippen LogP contribution in [0.15, 0.2) is 65.2 Å². The van der Waals surface area contributed by atoms with Crippen LogP contribution in [0.25, 0.3) is 0 Å². The minimum atomic E-state index is -4.48. The first-order valence-corrected chi connectivity index (χ1v) is 24.2. The lowest BCUT2D eigenvalue weighted by molar-refractivity contribution is -0.870. The van der Waals surface area contributed by atoms with Gasteiger partial charge in [0.05, 0.1) is 46.1 Å². The van der Waals surface area contributed by atoms with Crippen molar-refractivity contribution in [1.82, 2.24) is 0 Å². The number of carbonyl (C=O) groups excluding carboxylic acids is 2. The minimum Gasteiger partial charge on any atom is -0.466 e. The Balaban J connectivity index is 2.53. The largest absolute Gasteiger partial charge is 0.472 e. The van der Waals surface area contributed by atoms with Crippen molar-refractivity contribution in [2.45, 2.75) is 161 Å². The van der Waals surface area contributed by atoms with Gasteiger partial charge < -0.3 is 38.6 Å². The molecule has 0 amide bonds. The van der Waals surface area contributed by atoms with Gasteiger partial charge in [-0.2, -0.15) is 0 Å². The quantitative estimate of drug-likeness (QED) is 0.0126. The molecule has 1 aromatic heterocycles. The van der Waals surface area contributed by atoms with Gasteiger partial charge in [-0.1, -0.05) is 113 Å². The number of unbranched alkanes of at least 4 members (excludes halogenated alkanes) is 7. The summed E-state index contributed by atoms with van der Waals surface area (Å²) in [5, 5.41) is 30.5. The molecule has 0 aliphatic heterocycles. The van der Waals surface area contributed by atoms with Crippen LogP contribution < -0.4 is 0 Å². The van der Waals surface area contributed by atoms with Gasteiger partial charge in [-0.3, -0.25) is 18.6 Å². The van der Waals surface area contributed by atoms with Crippen molar-refractivity contribution >= 4 is 19.8 Å². The Hall–Kier alpha value is -3.13. The van der Waals surface area contributed by atoms with Crippen molar-refractivity contribution in [3.8, 4) is 0 Å². The van der Waals surface area contributed by atoms with Crippen LogP contribution in [-0.2, 0) is 45.5 Å². The first-order chi connectivity index (χ1) is 29.5. The van der Waals surface area contributed by atoms with E-state index in [0.717, 1.165) is 69.3 Å². The Morgan fingerprint density at radius 3 is 1.94 bits per heavy atom. The molecule has 0 radical (unpaired) electrons. The second-order valence-electron chi connectivity index (χ2n) is 16.9. The Labute approximate surface area is 372 Å². The molecule has 0 aromatic carbocycles. The molecule has 1 heterocycles. The van der Waals surface area contributed by atoms with Gasteiger partial charge in [0.25, 0.3) is 0 Å². The standard InChI is InChI=1S/C48H80NO12P/c1-8-10-20-27-41(50)28-22-16-12-13-17-23-29-43(51)44(52)30-26-34-47(53)57-37-42(38-59-62(55,56)58-36-35-49(5,6)7)60-48(54)33-25-19-15-14-18-24-32-46-40(4)39(3)45(61-46)31-21-11-9-2/h10,12-13,16-17,20,22-23,28-29,41-44,50-52H,8-9,11,14-15,18-19,21,24-27,30-38H2,1-7H3/p+1/b16-12+,17-13-,20-10-,28-22+,29-23-/t41-,42-,43+,44+/m1/s1. The monoisotopic (exact) mass is 895 g/mol. The number of hydrogen-bond acceptors (Lipinski definition) is 11. The molecule has 1 aromatic rings. The zero-order chi connectivity index (χ0) is 46.2.